The maximum atomic E-state index is 11.0. The summed E-state index contributed by atoms with van der Waals surface area (Å²) >= 11 is 0. The van der Waals surface area contributed by atoms with Gasteiger partial charge in [-0.3, -0.25) is 10.1 Å². The van der Waals surface area contributed by atoms with E-state index in [2.05, 4.69) is 13.2 Å². The number of nitrogens with zero attached hydrogens (tertiary/aromatic N) is 1. The Morgan fingerprint density at radius 2 is 1.79 bits per heavy atom. The smallest absolute Gasteiger partial charge is 0.314 e. The Hall–Kier alpha value is -2.30. The van der Waals surface area contributed by atoms with Gasteiger partial charge in [0.2, 0.25) is 5.75 Å². The van der Waals surface area contributed by atoms with Gasteiger partial charge in [-0.15, -0.1) is 0 Å². The van der Waals surface area contributed by atoms with Gasteiger partial charge in [0.25, 0.3) is 0 Å². The Kier molecular flexibility index (Phi) is 5.11. The number of nitro groups is 1. The maximum absolute atomic E-state index is 11.0. The van der Waals surface area contributed by atoms with Gasteiger partial charge in [0.15, 0.2) is 5.75 Å². The molecule has 0 radical (unpaired) electrons. The van der Waals surface area contributed by atoms with Crippen LogP contribution in [0.3, 0.4) is 0 Å². The van der Waals surface area contributed by atoms with Crippen molar-refractivity contribution >= 4 is 5.69 Å². The van der Waals surface area contributed by atoms with Crippen molar-refractivity contribution in [2.24, 2.45) is 0 Å². The van der Waals surface area contributed by atoms with Crippen molar-refractivity contribution in [1.29, 1.82) is 0 Å². The number of hydrogen-bond donors (Lipinski definition) is 0. The molecule has 102 valence electrons. The van der Waals surface area contributed by atoms with Crippen molar-refractivity contribution in [2.45, 2.75) is 13.8 Å². The summed E-state index contributed by atoms with van der Waals surface area (Å²) in [4.78, 5) is 10.5. The summed E-state index contributed by atoms with van der Waals surface area (Å²) in [7, 11) is 0. The predicted molar refractivity (Wildman–Crippen MR) is 73.7 cm³/mol. The number of para-hydroxylation sites is 1. The van der Waals surface area contributed by atoms with Gasteiger partial charge >= 0.3 is 5.69 Å². The van der Waals surface area contributed by atoms with Crippen LogP contribution in [-0.2, 0) is 0 Å². The van der Waals surface area contributed by atoms with Crippen molar-refractivity contribution in [3.8, 4) is 11.5 Å². The van der Waals surface area contributed by atoms with Gasteiger partial charge in [-0.05, 0) is 31.1 Å². The lowest BCUT2D eigenvalue weighted by molar-refractivity contribution is -0.385. The summed E-state index contributed by atoms with van der Waals surface area (Å²) in [6.45, 7) is 11.5. The van der Waals surface area contributed by atoms with E-state index in [0.717, 1.165) is 11.1 Å². The van der Waals surface area contributed by atoms with E-state index in [1.54, 1.807) is 19.1 Å². The van der Waals surface area contributed by atoms with Crippen LogP contribution in [0.2, 0.25) is 0 Å². The van der Waals surface area contributed by atoms with Crippen LogP contribution in [-0.4, -0.2) is 18.1 Å². The highest BCUT2D eigenvalue weighted by Gasteiger charge is 2.20. The molecule has 0 aliphatic carbocycles. The molecule has 0 saturated carbocycles. The van der Waals surface area contributed by atoms with Crippen LogP contribution in [0.4, 0.5) is 5.69 Å². The average Bonchev–Trinajstić information content (AvgIpc) is 2.33. The molecule has 0 spiro atoms. The second-order valence-electron chi connectivity index (χ2n) is 4.35. The fourth-order valence-corrected chi connectivity index (χ4v) is 1.30. The van der Waals surface area contributed by atoms with Crippen molar-refractivity contribution < 1.29 is 14.4 Å². The van der Waals surface area contributed by atoms with Crippen LogP contribution in [0.5, 0.6) is 11.5 Å². The molecule has 0 unspecified atom stereocenters. The molecule has 0 amide bonds. The monoisotopic (exact) mass is 263 g/mol. The van der Waals surface area contributed by atoms with Gasteiger partial charge in [-0.25, -0.2) is 0 Å². The number of nitro benzene ring substituents is 1. The zero-order chi connectivity index (χ0) is 14.4. The van der Waals surface area contributed by atoms with Gasteiger partial charge in [-0.1, -0.05) is 19.2 Å². The topological polar surface area (TPSA) is 61.6 Å². The van der Waals surface area contributed by atoms with Gasteiger partial charge in [0, 0.05) is 6.07 Å². The summed E-state index contributed by atoms with van der Waals surface area (Å²) in [5.41, 5.74) is 1.46. The molecule has 5 heteroatoms. The molecule has 0 atom stereocenters. The largest absolute Gasteiger partial charge is 0.485 e. The first-order valence-corrected chi connectivity index (χ1v) is 5.73. The third kappa shape index (κ3) is 4.46. The van der Waals surface area contributed by atoms with Crippen LogP contribution >= 0.6 is 0 Å². The molecular formula is C14H17NO4. The normalized spacial score (nSPS) is 9.79. The first-order valence-electron chi connectivity index (χ1n) is 5.73. The number of hydrogen-bond acceptors (Lipinski definition) is 4. The Morgan fingerprint density at radius 1 is 1.21 bits per heavy atom. The molecular weight excluding hydrogens is 246 g/mol. The quantitative estimate of drug-likeness (QED) is 0.429. The van der Waals surface area contributed by atoms with Gasteiger partial charge in [0.05, 0.1) is 4.92 Å². The molecule has 0 heterocycles. The lowest BCUT2D eigenvalue weighted by atomic mass is 10.2. The second kappa shape index (κ2) is 6.58. The zero-order valence-electron chi connectivity index (χ0n) is 11.1. The second-order valence-corrected chi connectivity index (χ2v) is 4.35. The van der Waals surface area contributed by atoms with E-state index in [1.807, 2.05) is 6.92 Å². The van der Waals surface area contributed by atoms with Crippen molar-refractivity contribution in [3.05, 3.63) is 52.6 Å². The summed E-state index contributed by atoms with van der Waals surface area (Å²) in [6.07, 6.45) is 0. The molecule has 0 fully saturated rings. The summed E-state index contributed by atoms with van der Waals surface area (Å²) in [5, 5.41) is 11.0. The minimum absolute atomic E-state index is 0.122. The summed E-state index contributed by atoms with van der Waals surface area (Å²) in [5.74, 6) is 0.454. The number of benzene rings is 1. The van der Waals surface area contributed by atoms with Crippen LogP contribution in [0.25, 0.3) is 0 Å². The average molecular weight is 263 g/mol. The van der Waals surface area contributed by atoms with Crippen LogP contribution < -0.4 is 9.47 Å². The van der Waals surface area contributed by atoms with Gasteiger partial charge in [0.1, 0.15) is 13.2 Å². The lowest BCUT2D eigenvalue weighted by Crippen LogP contribution is -2.05. The zero-order valence-corrected chi connectivity index (χ0v) is 11.1. The predicted octanol–water partition coefficient (Wildman–Crippen LogP) is 3.50. The molecule has 0 aromatic heterocycles. The van der Waals surface area contributed by atoms with Gasteiger partial charge in [-0.2, -0.15) is 0 Å². The summed E-state index contributed by atoms with van der Waals surface area (Å²) in [6, 6.07) is 4.56. The van der Waals surface area contributed by atoms with E-state index in [-0.39, 0.29) is 24.7 Å². The van der Waals surface area contributed by atoms with E-state index in [0.29, 0.717) is 5.75 Å². The van der Waals surface area contributed by atoms with Gasteiger partial charge < -0.3 is 9.47 Å². The highest BCUT2D eigenvalue weighted by atomic mass is 16.6. The minimum atomic E-state index is -0.499. The highest BCUT2D eigenvalue weighted by molar-refractivity contribution is 5.55. The molecule has 1 rings (SSSR count). The molecule has 0 aliphatic heterocycles. The molecule has 0 saturated heterocycles. The molecule has 1 aromatic rings. The number of ether oxygens (including phenoxy) is 2. The molecule has 1 aromatic carbocycles. The third-order valence-electron chi connectivity index (χ3n) is 2.09. The van der Waals surface area contributed by atoms with E-state index < -0.39 is 4.92 Å². The molecule has 5 nitrogen and oxygen atoms in total. The van der Waals surface area contributed by atoms with E-state index >= 15 is 0 Å². The fraction of sp³-hybridized carbons (Fsp3) is 0.286. The Morgan fingerprint density at radius 3 is 2.32 bits per heavy atom. The minimum Gasteiger partial charge on any atom is -0.485 e. The first-order chi connectivity index (χ1) is 8.91. The van der Waals surface area contributed by atoms with E-state index in [4.69, 9.17) is 9.47 Å². The number of rotatable bonds is 7. The Balaban J connectivity index is 3.06. The Bertz CT molecular complexity index is 508. The Labute approximate surface area is 112 Å². The standard InChI is InChI=1S/C14H17NO4/c1-10(2)8-18-13-7-5-6-12(15(16)17)14(13)19-9-11(3)4/h5-7H,1,3,8-9H2,2,4H3. The molecule has 0 aliphatic rings. The molecule has 0 N–H and O–H groups in total. The van der Waals surface area contributed by atoms with Crippen LogP contribution in [0.1, 0.15) is 13.8 Å². The first kappa shape index (κ1) is 14.8. The summed E-state index contributed by atoms with van der Waals surface area (Å²) < 4.78 is 10.9. The fourth-order valence-electron chi connectivity index (χ4n) is 1.30. The SMILES string of the molecule is C=C(C)COc1cccc([N+](=O)[O-])c1OCC(=C)C. The maximum Gasteiger partial charge on any atom is 0.314 e. The highest BCUT2D eigenvalue weighted by Crippen LogP contribution is 2.37. The molecule has 0 bridgehead atoms. The molecule has 19 heavy (non-hydrogen) atoms. The van der Waals surface area contributed by atoms with Crippen molar-refractivity contribution in [3.63, 3.8) is 0 Å². The van der Waals surface area contributed by atoms with Crippen LogP contribution in [0.15, 0.2) is 42.5 Å². The van der Waals surface area contributed by atoms with Crippen molar-refractivity contribution in [1.82, 2.24) is 0 Å². The third-order valence-corrected chi connectivity index (χ3v) is 2.09. The van der Waals surface area contributed by atoms with E-state index in [1.165, 1.54) is 6.07 Å². The van der Waals surface area contributed by atoms with Crippen LogP contribution in [0, 0.1) is 10.1 Å². The lowest BCUT2D eigenvalue weighted by Gasteiger charge is -2.12. The van der Waals surface area contributed by atoms with Crippen molar-refractivity contribution in [2.75, 3.05) is 13.2 Å². The van der Waals surface area contributed by atoms with E-state index in [9.17, 15) is 10.1 Å².